The lowest BCUT2D eigenvalue weighted by atomic mass is 9.80. The van der Waals surface area contributed by atoms with Crippen LogP contribution in [0.15, 0.2) is 77.3 Å². The average molecular weight is 1060 g/mol. The Morgan fingerprint density at radius 3 is 2.35 bits per heavy atom. The summed E-state index contributed by atoms with van der Waals surface area (Å²) >= 11 is 8.41. The van der Waals surface area contributed by atoms with Gasteiger partial charge >= 0.3 is 0 Å². The minimum absolute atomic E-state index is 0.0485. The van der Waals surface area contributed by atoms with Gasteiger partial charge in [-0.1, -0.05) is 73.6 Å². The molecule has 3 amide bonds. The number of hydrogen-bond donors (Lipinski definition) is 4. The highest BCUT2D eigenvalue weighted by atomic mass is 35.5. The highest BCUT2D eigenvalue weighted by Crippen LogP contribution is 2.38. The molecule has 75 heavy (non-hydrogen) atoms. The Morgan fingerprint density at radius 1 is 0.947 bits per heavy atom. The van der Waals surface area contributed by atoms with Gasteiger partial charge in [0.2, 0.25) is 17.7 Å². The quantitative estimate of drug-likeness (QED) is 0.0762. The number of β-amino-alcohol motifs (C(OH)–C–C–N with tert-alkyl or cyclic N) is 1. The fraction of sp³-hybridized carbons (Fsp3) is 0.574. The number of anilines is 2. The zero-order valence-electron chi connectivity index (χ0n) is 44.0. The van der Waals surface area contributed by atoms with Crippen molar-refractivity contribution < 1.29 is 19.5 Å². The van der Waals surface area contributed by atoms with Gasteiger partial charge in [-0.15, -0.1) is 5.10 Å². The van der Waals surface area contributed by atoms with Gasteiger partial charge in [-0.25, -0.2) is 19.6 Å². The van der Waals surface area contributed by atoms with E-state index < -0.39 is 18.2 Å². The van der Waals surface area contributed by atoms with Crippen LogP contribution in [0, 0.1) is 24.2 Å². The number of amides is 3. The van der Waals surface area contributed by atoms with Crippen LogP contribution in [-0.4, -0.2) is 154 Å². The third-order valence-corrected chi connectivity index (χ3v) is 17.4. The Kier molecular flexibility index (Phi) is 17.4. The number of nitrogens with one attached hydrogen (secondary N) is 2. The molecule has 4 aliphatic rings. The molecule has 0 bridgehead atoms. The monoisotopic (exact) mass is 1060 g/mol. The van der Waals surface area contributed by atoms with Gasteiger partial charge in [-0.05, 0) is 113 Å². The second kappa shape index (κ2) is 24.1. The van der Waals surface area contributed by atoms with Crippen molar-refractivity contribution in [1.82, 2.24) is 59.7 Å². The van der Waals surface area contributed by atoms with Gasteiger partial charge in [0, 0.05) is 87.7 Å². The van der Waals surface area contributed by atoms with E-state index in [2.05, 4.69) is 78.9 Å². The van der Waals surface area contributed by atoms with E-state index in [0.29, 0.717) is 49.1 Å². The number of aryl methyl sites for hydroxylation is 2. The molecule has 5 N–H and O–H groups in total. The van der Waals surface area contributed by atoms with Crippen LogP contribution in [0.4, 0.5) is 11.6 Å². The largest absolute Gasteiger partial charge is 0.391 e. The fourth-order valence-electron chi connectivity index (χ4n) is 11.1. The second-order valence-corrected chi connectivity index (χ2v) is 23.0. The number of likely N-dealkylation sites (tertiary alicyclic amines) is 3. The standard InChI is InChI=1S/C54H74ClN15O4S/c1-6-69-43(11-21-60-69)38-9-7-37(8-10-38)42(62-51(72)44-29-41(71)33-68(44)53(74)49(35(2)3)70-32-36(4)63-64-70)17-24-65-22-13-39(14-23-65)52(73)67-25-15-40(16-26-67)61-50-48(55)45(12-20-57-50)75-47-31-58-46(30-59-47)66-27-18-54(5,34-56)19-28-66/h7-12,20-21,30-32,35,39-42,44,49,71H,6,13-19,22-29,33-34,56H2,1-5H3,(H,57,61)(H,62,72)/t41-,42+,44+,49+/m1/s1. The van der Waals surface area contributed by atoms with E-state index in [4.69, 9.17) is 27.3 Å². The van der Waals surface area contributed by atoms with Crippen LogP contribution in [0.5, 0.6) is 0 Å². The first-order valence-electron chi connectivity index (χ1n) is 26.9. The Morgan fingerprint density at radius 2 is 1.69 bits per heavy atom. The first-order valence-corrected chi connectivity index (χ1v) is 28.0. The molecule has 9 rings (SSSR count). The number of aliphatic hydroxyl groups excluding tert-OH is 1. The highest BCUT2D eigenvalue weighted by molar-refractivity contribution is 7.99. The molecule has 19 nitrogen and oxygen atoms in total. The number of hydrogen-bond acceptors (Lipinski definition) is 15. The summed E-state index contributed by atoms with van der Waals surface area (Å²) in [6, 6.07) is 10.3. The number of pyridine rings is 1. The van der Waals surface area contributed by atoms with Gasteiger partial charge in [-0.2, -0.15) is 5.10 Å². The van der Waals surface area contributed by atoms with Crippen molar-refractivity contribution in [1.29, 1.82) is 0 Å². The van der Waals surface area contributed by atoms with Gasteiger partial charge in [0.05, 0.1) is 40.9 Å². The number of halogens is 1. The van der Waals surface area contributed by atoms with Crippen molar-refractivity contribution in [2.75, 3.05) is 69.1 Å². The summed E-state index contributed by atoms with van der Waals surface area (Å²) in [5.74, 6) is 0.969. The maximum atomic E-state index is 14.4. The molecule has 4 aliphatic heterocycles. The number of aliphatic hydroxyl groups is 1. The van der Waals surface area contributed by atoms with Gasteiger partial charge < -0.3 is 41.1 Å². The van der Waals surface area contributed by atoms with Crippen LogP contribution in [0.3, 0.4) is 0 Å². The molecule has 402 valence electrons. The van der Waals surface area contributed by atoms with Gasteiger partial charge in [-0.3, -0.25) is 19.1 Å². The fourth-order valence-corrected chi connectivity index (χ4v) is 12.2. The van der Waals surface area contributed by atoms with Crippen molar-refractivity contribution in [3.8, 4) is 11.3 Å². The molecule has 4 fully saturated rings. The number of carbonyl (C=O) groups is 3. The summed E-state index contributed by atoms with van der Waals surface area (Å²) in [5, 5.41) is 31.8. The summed E-state index contributed by atoms with van der Waals surface area (Å²) in [7, 11) is 0. The average Bonchev–Trinajstić information content (AvgIpc) is 4.19. The Hall–Kier alpha value is -5.67. The van der Waals surface area contributed by atoms with Crippen molar-refractivity contribution >= 4 is 52.7 Å². The topological polar surface area (TPSA) is 222 Å². The molecular weight excluding hydrogens is 990 g/mol. The number of carbonyl (C=O) groups excluding carboxylic acids is 3. The van der Waals surface area contributed by atoms with Gasteiger partial charge in [0.1, 0.15) is 28.7 Å². The molecular formula is C54H74ClN15O4S. The number of nitrogens with zero attached hydrogens (tertiary/aromatic N) is 12. The van der Waals surface area contributed by atoms with Crippen LogP contribution in [0.1, 0.15) is 102 Å². The molecule has 0 aliphatic carbocycles. The van der Waals surface area contributed by atoms with Crippen LogP contribution in [0.2, 0.25) is 5.02 Å². The number of rotatable bonds is 18. The number of piperidine rings is 3. The van der Waals surface area contributed by atoms with E-state index >= 15 is 0 Å². The normalized spacial score (nSPS) is 20.6. The van der Waals surface area contributed by atoms with E-state index in [9.17, 15) is 19.5 Å². The molecule has 0 spiro atoms. The molecule has 0 radical (unpaired) electrons. The van der Waals surface area contributed by atoms with Gasteiger partial charge in [0.15, 0.2) is 0 Å². The summed E-state index contributed by atoms with van der Waals surface area (Å²) in [5.41, 5.74) is 9.87. The summed E-state index contributed by atoms with van der Waals surface area (Å²) in [6.45, 7) is 16.9. The lowest BCUT2D eigenvalue weighted by Gasteiger charge is -2.39. The molecule has 0 saturated carbocycles. The van der Waals surface area contributed by atoms with Gasteiger partial charge in [0.25, 0.3) is 0 Å². The zero-order chi connectivity index (χ0) is 52.8. The van der Waals surface area contributed by atoms with E-state index in [1.54, 1.807) is 29.5 Å². The molecule has 0 unspecified atom stereocenters. The third kappa shape index (κ3) is 12.8. The number of nitrogens with two attached hydrogens (primary N) is 1. The Bertz CT molecular complexity index is 2710. The van der Waals surface area contributed by atoms with Crippen molar-refractivity contribution in [2.45, 2.75) is 133 Å². The maximum Gasteiger partial charge on any atom is 0.248 e. The molecule has 8 heterocycles. The van der Waals surface area contributed by atoms with Crippen molar-refractivity contribution in [3.05, 3.63) is 83.7 Å². The second-order valence-electron chi connectivity index (χ2n) is 21.6. The van der Waals surface area contributed by atoms with Crippen molar-refractivity contribution in [3.63, 3.8) is 0 Å². The molecule has 21 heteroatoms. The highest BCUT2D eigenvalue weighted by Gasteiger charge is 2.43. The smallest absolute Gasteiger partial charge is 0.248 e. The number of aromatic nitrogens is 8. The first-order chi connectivity index (χ1) is 36.2. The lowest BCUT2D eigenvalue weighted by molar-refractivity contribution is -0.142. The lowest BCUT2D eigenvalue weighted by Crippen LogP contribution is -2.50. The third-order valence-electron chi connectivity index (χ3n) is 15.9. The SMILES string of the molecule is CCn1nccc1-c1ccc([C@H](CCN2CCC(C(=O)N3CCC(Nc4nccc(Sc5cnc(N6CCC(C)(CN)CC6)cn5)c4Cl)CC3)CC2)NC(=O)[C@@H]2C[C@@H](O)CN2C(=O)[C@H](C(C)C)n2cc(C)nn2)cc1. The minimum Gasteiger partial charge on any atom is -0.391 e. The summed E-state index contributed by atoms with van der Waals surface area (Å²) in [4.78, 5) is 65.7. The first kappa shape index (κ1) is 54.1. The predicted octanol–water partition coefficient (Wildman–Crippen LogP) is 6.25. The van der Waals surface area contributed by atoms with Crippen molar-refractivity contribution in [2.24, 2.45) is 23.0 Å². The zero-order valence-corrected chi connectivity index (χ0v) is 45.6. The van der Waals surface area contributed by atoms with E-state index in [0.717, 1.165) is 104 Å². The van der Waals surface area contributed by atoms with E-state index in [1.165, 1.54) is 16.7 Å². The molecule has 4 aromatic heterocycles. The maximum absolute atomic E-state index is 14.4. The minimum atomic E-state index is -0.851. The van der Waals surface area contributed by atoms with Crippen LogP contribution in [0.25, 0.3) is 11.3 Å². The Balaban J connectivity index is 0.773. The van der Waals surface area contributed by atoms with Crippen LogP contribution < -0.4 is 21.3 Å². The summed E-state index contributed by atoms with van der Waals surface area (Å²) < 4.78 is 3.51. The van der Waals surface area contributed by atoms with Crippen LogP contribution >= 0.6 is 23.4 Å². The molecule has 5 aromatic rings. The number of benzene rings is 1. The summed E-state index contributed by atoms with van der Waals surface area (Å²) in [6.07, 6.45) is 14.0. The molecule has 4 saturated heterocycles. The van der Waals surface area contributed by atoms with Crippen LogP contribution in [-0.2, 0) is 20.9 Å². The Labute approximate surface area is 449 Å². The molecule has 4 atom stereocenters. The van der Waals surface area contributed by atoms with E-state index in [1.807, 2.05) is 48.7 Å². The predicted molar refractivity (Wildman–Crippen MR) is 290 cm³/mol. The molecule has 1 aromatic carbocycles. The van der Waals surface area contributed by atoms with E-state index in [-0.39, 0.29) is 60.0 Å².